The molecule has 1 amide bonds. The molecule has 0 aliphatic carbocycles. The monoisotopic (exact) mass is 806 g/mol. The highest BCUT2D eigenvalue weighted by atomic mass is 35.5. The summed E-state index contributed by atoms with van der Waals surface area (Å²) in [5.41, 5.74) is 7.05. The molecule has 14 nitrogen and oxygen atoms in total. The summed E-state index contributed by atoms with van der Waals surface area (Å²) >= 11 is 13.0. The number of carboxylic acids is 2. The molecule has 1 aromatic heterocycles. The molecule has 1 aliphatic rings. The number of carboxylic acid groups (broad SMARTS) is 2. The van der Waals surface area contributed by atoms with Crippen LogP contribution in [0.1, 0.15) is 24.1 Å². The Labute approximate surface area is 301 Å². The zero-order valence-corrected chi connectivity index (χ0v) is 28.9. The van der Waals surface area contributed by atoms with Crippen LogP contribution >= 0.6 is 23.2 Å². The number of carbonyl (C=O) groups excluding carboxylic acids is 1. The van der Waals surface area contributed by atoms with E-state index < -0.39 is 46.3 Å². The molecule has 52 heavy (non-hydrogen) atoms. The molecule has 1 atom stereocenters. The van der Waals surface area contributed by atoms with E-state index in [9.17, 15) is 39.6 Å². The van der Waals surface area contributed by atoms with E-state index in [1.807, 2.05) is 31.2 Å². The molecule has 7 N–H and O–H groups in total. The van der Waals surface area contributed by atoms with E-state index >= 15 is 0 Å². The number of aromatic nitrogens is 1. The third-order valence-electron chi connectivity index (χ3n) is 6.66. The number of carbonyl (C=O) groups is 3. The molecule has 286 valence electrons. The van der Waals surface area contributed by atoms with Gasteiger partial charge in [0.25, 0.3) is 0 Å². The van der Waals surface area contributed by atoms with E-state index in [2.05, 4.69) is 15.6 Å². The number of rotatable bonds is 9. The molecule has 0 bridgehead atoms. The van der Waals surface area contributed by atoms with Crippen LogP contribution in [0.25, 0.3) is 10.9 Å². The van der Waals surface area contributed by atoms with Gasteiger partial charge in [0.2, 0.25) is 15.9 Å². The Kier molecular flexibility index (Phi) is 15.3. The predicted octanol–water partition coefficient (Wildman–Crippen LogP) is 4.45. The van der Waals surface area contributed by atoms with Gasteiger partial charge in [-0.15, -0.1) is 0 Å². The molecule has 0 saturated carbocycles. The smallest absolute Gasteiger partial charge is 0.487 e. The van der Waals surface area contributed by atoms with Gasteiger partial charge in [-0.3, -0.25) is 10.2 Å². The average Bonchev–Trinajstić information content (AvgIpc) is 3.54. The number of guanidine groups is 1. The summed E-state index contributed by atoms with van der Waals surface area (Å²) in [4.78, 5) is 35.0. The van der Waals surface area contributed by atoms with Crippen LogP contribution in [-0.4, -0.2) is 89.8 Å². The summed E-state index contributed by atoms with van der Waals surface area (Å²) < 4.78 is 97.9. The number of aliphatic carboxylic acids is 2. The second-order valence-electron chi connectivity index (χ2n) is 10.4. The van der Waals surface area contributed by atoms with Crippen molar-refractivity contribution in [3.63, 3.8) is 0 Å². The summed E-state index contributed by atoms with van der Waals surface area (Å²) in [5, 5.41) is 27.8. The Morgan fingerprint density at radius 2 is 1.58 bits per heavy atom. The second kappa shape index (κ2) is 18.2. The van der Waals surface area contributed by atoms with Gasteiger partial charge in [-0.25, -0.2) is 23.0 Å². The number of nitrogens with one attached hydrogen (secondary N) is 3. The van der Waals surface area contributed by atoms with E-state index in [4.69, 9.17) is 58.9 Å². The summed E-state index contributed by atoms with van der Waals surface area (Å²) in [6, 6.07) is 11.3. The van der Waals surface area contributed by atoms with Gasteiger partial charge in [0, 0.05) is 41.3 Å². The number of sulfonamides is 1. The Morgan fingerprint density at radius 3 is 2.13 bits per heavy atom. The number of ether oxygens (including phenoxy) is 1. The molecule has 1 aliphatic heterocycles. The quantitative estimate of drug-likeness (QED) is 0.0767. The summed E-state index contributed by atoms with van der Waals surface area (Å²) in [5.74, 6) is -5.64. The van der Waals surface area contributed by atoms with Gasteiger partial charge in [0.05, 0.1) is 5.02 Å². The van der Waals surface area contributed by atoms with Crippen molar-refractivity contribution < 1.29 is 64.1 Å². The zero-order chi connectivity index (χ0) is 39.6. The van der Waals surface area contributed by atoms with Crippen LogP contribution in [0.3, 0.4) is 0 Å². The molecule has 3 aromatic rings. The van der Waals surface area contributed by atoms with Gasteiger partial charge in [0.15, 0.2) is 5.96 Å². The number of amides is 1. The molecule has 2 heterocycles. The largest absolute Gasteiger partial charge is 0.490 e. The highest BCUT2D eigenvalue weighted by Crippen LogP contribution is 2.36. The molecule has 0 unspecified atom stereocenters. The highest BCUT2D eigenvalue weighted by Gasteiger charge is 2.41. The fourth-order valence-corrected chi connectivity index (χ4v) is 6.83. The number of pyridine rings is 1. The second-order valence-corrected chi connectivity index (χ2v) is 13.1. The van der Waals surface area contributed by atoms with Gasteiger partial charge < -0.3 is 31.3 Å². The summed E-state index contributed by atoms with van der Waals surface area (Å²) in [7, 11) is -4.13. The Hall–Kier alpha value is -4.60. The van der Waals surface area contributed by atoms with E-state index in [0.29, 0.717) is 29.7 Å². The molecule has 4 rings (SSSR count). The molecule has 0 spiro atoms. The lowest BCUT2D eigenvalue weighted by Gasteiger charge is -2.24. The highest BCUT2D eigenvalue weighted by molar-refractivity contribution is 7.89. The van der Waals surface area contributed by atoms with Crippen molar-refractivity contribution in [2.24, 2.45) is 5.73 Å². The van der Waals surface area contributed by atoms with Crippen LogP contribution in [-0.2, 0) is 31.0 Å². The topological polar surface area (TPSA) is 225 Å². The molecule has 1 fully saturated rings. The third kappa shape index (κ3) is 12.3. The standard InChI is InChI=1S/C25H28Cl2N6O4S.2C2HF3O2/c1-15-7-8-16-4-2-6-20(23(16)32-15)37-14-17-18(26)9-10-21(22(17)27)38(35,36)33-13-3-5-19(33)24(34)30-11-12-31-25(28)29;2*3-2(4,5)1(6)7/h2,4,6-10,19H,3,5,11-14H2,1H3,(H,30,34)(H4,28,29,31);2*(H,6,7)/t19-;;/m0../s1. The molecule has 1 saturated heterocycles. The van der Waals surface area contributed by atoms with Crippen LogP contribution in [0.2, 0.25) is 10.0 Å². The van der Waals surface area contributed by atoms with Gasteiger partial charge >= 0.3 is 24.3 Å². The Balaban J connectivity index is 0.000000564. The van der Waals surface area contributed by atoms with Gasteiger partial charge in [0.1, 0.15) is 28.8 Å². The van der Waals surface area contributed by atoms with Crippen LogP contribution in [0, 0.1) is 12.3 Å². The number of benzene rings is 2. The number of nitrogens with two attached hydrogens (primary N) is 1. The first-order valence-corrected chi connectivity index (χ1v) is 16.6. The van der Waals surface area contributed by atoms with Gasteiger partial charge in [-0.05, 0) is 44.0 Å². The lowest BCUT2D eigenvalue weighted by molar-refractivity contribution is -0.193. The molecule has 23 heteroatoms. The normalized spacial score (nSPS) is 14.7. The number of hydrogen-bond acceptors (Lipinski definition) is 8. The number of aryl methyl sites for hydroxylation is 1. The predicted molar refractivity (Wildman–Crippen MR) is 174 cm³/mol. The van der Waals surface area contributed by atoms with Crippen molar-refractivity contribution in [2.75, 3.05) is 19.6 Å². The number of para-hydroxylation sites is 1. The first-order valence-electron chi connectivity index (χ1n) is 14.4. The summed E-state index contributed by atoms with van der Waals surface area (Å²) in [6.07, 6.45) is -9.27. The average molecular weight is 808 g/mol. The molecular weight excluding hydrogens is 777 g/mol. The van der Waals surface area contributed by atoms with Crippen LogP contribution in [0.15, 0.2) is 47.4 Å². The van der Waals surface area contributed by atoms with Crippen molar-refractivity contribution in [1.82, 2.24) is 19.9 Å². The van der Waals surface area contributed by atoms with Crippen molar-refractivity contribution >= 4 is 67.9 Å². The van der Waals surface area contributed by atoms with Gasteiger partial charge in [-0.1, -0.05) is 41.4 Å². The van der Waals surface area contributed by atoms with Crippen molar-refractivity contribution in [2.45, 2.75) is 49.7 Å². The first kappa shape index (κ1) is 43.6. The maximum atomic E-state index is 13.7. The van der Waals surface area contributed by atoms with E-state index in [1.165, 1.54) is 12.1 Å². The summed E-state index contributed by atoms with van der Waals surface area (Å²) in [6.45, 7) is 2.42. The van der Waals surface area contributed by atoms with Crippen molar-refractivity contribution in [3.8, 4) is 5.75 Å². The number of fused-ring (bicyclic) bond motifs is 1. The lowest BCUT2D eigenvalue weighted by Crippen LogP contribution is -2.47. The molecule has 0 radical (unpaired) electrons. The minimum Gasteiger partial charge on any atom is -0.487 e. The van der Waals surface area contributed by atoms with Crippen molar-refractivity contribution in [1.29, 1.82) is 5.41 Å². The maximum absolute atomic E-state index is 13.7. The number of nitrogens with zero attached hydrogens (tertiary/aromatic N) is 2. The van der Waals surface area contributed by atoms with E-state index in [0.717, 1.165) is 15.4 Å². The van der Waals surface area contributed by atoms with Crippen LogP contribution < -0.4 is 21.1 Å². The fourth-order valence-electron chi connectivity index (χ4n) is 4.31. The number of halogens is 8. The van der Waals surface area contributed by atoms with E-state index in [-0.39, 0.29) is 47.1 Å². The molecule has 2 aromatic carbocycles. The van der Waals surface area contributed by atoms with E-state index in [1.54, 1.807) is 6.07 Å². The fraction of sp³-hybridized carbons (Fsp3) is 0.345. The lowest BCUT2D eigenvalue weighted by atomic mass is 10.2. The molecular formula is C29H30Cl2F6N6O8S. The Morgan fingerprint density at radius 1 is 1.00 bits per heavy atom. The number of alkyl halides is 6. The maximum Gasteiger partial charge on any atom is 0.490 e. The first-order chi connectivity index (χ1) is 24.0. The van der Waals surface area contributed by atoms with Crippen molar-refractivity contribution in [3.05, 3.63) is 63.8 Å². The Bertz CT molecular complexity index is 1880. The van der Waals surface area contributed by atoms with Crippen LogP contribution in [0.4, 0.5) is 26.3 Å². The SMILES string of the molecule is Cc1ccc2cccc(OCc3c(Cl)ccc(S(=O)(=O)N4CCC[C@H]4C(=O)NCCNC(=N)N)c3Cl)c2n1.O=C(O)C(F)(F)F.O=C(O)C(F)(F)F. The zero-order valence-electron chi connectivity index (χ0n) is 26.6. The number of hydrogen-bond donors (Lipinski definition) is 6. The minimum atomic E-state index is -5.08. The third-order valence-corrected chi connectivity index (χ3v) is 9.51. The van der Waals surface area contributed by atoms with Gasteiger partial charge in [-0.2, -0.15) is 30.6 Å². The van der Waals surface area contributed by atoms with Crippen LogP contribution in [0.5, 0.6) is 5.75 Å². The minimum absolute atomic E-state index is 0.0569.